The second-order valence-corrected chi connectivity index (χ2v) is 6.64. The normalized spacial score (nSPS) is 15.5. The molecule has 1 amide bonds. The number of aromatic nitrogens is 2. The van der Waals surface area contributed by atoms with Gasteiger partial charge in [-0.3, -0.25) is 19.7 Å². The summed E-state index contributed by atoms with van der Waals surface area (Å²) in [6.45, 7) is 4.11. The molecule has 2 aromatic carbocycles. The number of nitrogens with zero attached hydrogens (tertiary/aromatic N) is 4. The Morgan fingerprint density at radius 3 is 2.52 bits per heavy atom. The highest BCUT2D eigenvalue weighted by atomic mass is 16.2. The highest BCUT2D eigenvalue weighted by Gasteiger charge is 2.23. The Labute approximate surface area is 159 Å². The van der Waals surface area contributed by atoms with Gasteiger partial charge in [0.25, 0.3) is 5.91 Å². The molecule has 5 heteroatoms. The van der Waals surface area contributed by atoms with Crippen molar-refractivity contribution < 1.29 is 4.79 Å². The van der Waals surface area contributed by atoms with Gasteiger partial charge in [-0.2, -0.15) is 0 Å². The zero-order chi connectivity index (χ0) is 18.5. The van der Waals surface area contributed by atoms with Crippen LogP contribution >= 0.6 is 0 Å². The van der Waals surface area contributed by atoms with E-state index >= 15 is 0 Å². The van der Waals surface area contributed by atoms with E-state index in [-0.39, 0.29) is 5.91 Å². The van der Waals surface area contributed by atoms with Crippen LogP contribution in [0.3, 0.4) is 0 Å². The lowest BCUT2D eigenvalue weighted by molar-refractivity contribution is 0.0652. The first-order valence-electron chi connectivity index (χ1n) is 9.24. The van der Waals surface area contributed by atoms with Gasteiger partial charge in [0.15, 0.2) is 0 Å². The number of fused-ring (bicyclic) bond motifs is 1. The van der Waals surface area contributed by atoms with Gasteiger partial charge >= 0.3 is 0 Å². The zero-order valence-corrected chi connectivity index (χ0v) is 15.2. The van der Waals surface area contributed by atoms with Crippen LogP contribution in [0.1, 0.15) is 15.9 Å². The van der Waals surface area contributed by atoms with Crippen LogP contribution in [0.25, 0.3) is 17.1 Å². The number of carbonyl (C=O) groups excluding carboxylic acids is 1. The Bertz CT molecular complexity index is 941. The van der Waals surface area contributed by atoms with Crippen molar-refractivity contribution in [1.82, 2.24) is 19.8 Å². The van der Waals surface area contributed by atoms with E-state index in [1.165, 1.54) is 5.56 Å². The summed E-state index contributed by atoms with van der Waals surface area (Å²) in [6.07, 6.45) is 7.62. The molecule has 1 aliphatic rings. The number of rotatable bonds is 4. The quantitative estimate of drug-likeness (QED) is 0.719. The van der Waals surface area contributed by atoms with Crippen LogP contribution in [0.5, 0.6) is 0 Å². The molecule has 1 saturated heterocycles. The van der Waals surface area contributed by atoms with E-state index in [1.54, 1.807) is 12.4 Å². The average Bonchev–Trinajstić information content (AvgIpc) is 2.74. The monoisotopic (exact) mass is 358 g/mol. The fourth-order valence-corrected chi connectivity index (χ4v) is 3.37. The number of hydrogen-bond acceptors (Lipinski definition) is 4. The van der Waals surface area contributed by atoms with E-state index in [1.807, 2.05) is 41.3 Å². The smallest absolute Gasteiger partial charge is 0.256 e. The second kappa shape index (κ2) is 8.10. The summed E-state index contributed by atoms with van der Waals surface area (Å²) in [5.74, 6) is 0.0422. The Balaban J connectivity index is 1.36. The van der Waals surface area contributed by atoms with E-state index in [2.05, 4.69) is 39.2 Å². The number of carbonyl (C=O) groups is 1. The van der Waals surface area contributed by atoms with E-state index in [9.17, 15) is 4.79 Å². The van der Waals surface area contributed by atoms with E-state index in [0.29, 0.717) is 11.1 Å². The van der Waals surface area contributed by atoms with Crippen molar-refractivity contribution in [1.29, 1.82) is 0 Å². The van der Waals surface area contributed by atoms with Gasteiger partial charge in [0.05, 0.1) is 11.1 Å². The molecule has 5 nitrogen and oxygen atoms in total. The SMILES string of the molecule is O=C(c1cccc2nccnc12)N1CCN(C/C=C/c2ccccc2)CC1. The van der Waals surface area contributed by atoms with Gasteiger partial charge in [0, 0.05) is 45.1 Å². The number of hydrogen-bond donors (Lipinski definition) is 0. The molecule has 0 N–H and O–H groups in total. The van der Waals surface area contributed by atoms with Crippen LogP contribution in [-0.4, -0.2) is 58.4 Å². The van der Waals surface area contributed by atoms with Crippen LogP contribution in [0.15, 0.2) is 67.0 Å². The molecule has 0 spiro atoms. The van der Waals surface area contributed by atoms with Gasteiger partial charge in [-0.15, -0.1) is 0 Å². The fourth-order valence-electron chi connectivity index (χ4n) is 3.37. The van der Waals surface area contributed by atoms with Crippen molar-refractivity contribution in [3.05, 3.63) is 78.1 Å². The number of para-hydroxylation sites is 1. The van der Waals surface area contributed by atoms with E-state index in [0.717, 1.165) is 38.2 Å². The molecular formula is C22H22N4O. The minimum absolute atomic E-state index is 0.0422. The molecule has 27 heavy (non-hydrogen) atoms. The van der Waals surface area contributed by atoms with Gasteiger partial charge in [-0.1, -0.05) is 48.6 Å². The maximum absolute atomic E-state index is 12.9. The predicted octanol–water partition coefficient (Wildman–Crippen LogP) is 3.10. The van der Waals surface area contributed by atoms with Gasteiger partial charge in [-0.25, -0.2) is 0 Å². The van der Waals surface area contributed by atoms with Crippen LogP contribution in [-0.2, 0) is 0 Å². The standard InChI is InChI=1S/C22H22N4O/c27-22(19-9-4-10-20-21(19)24-12-11-23-20)26-16-14-25(15-17-26)13-5-8-18-6-2-1-3-7-18/h1-12H,13-17H2/b8-5+. The summed E-state index contributed by atoms with van der Waals surface area (Å²) in [6, 6.07) is 15.9. The first kappa shape index (κ1) is 17.4. The summed E-state index contributed by atoms with van der Waals surface area (Å²) < 4.78 is 0. The molecule has 0 atom stereocenters. The first-order chi connectivity index (χ1) is 13.3. The van der Waals surface area contributed by atoms with Gasteiger partial charge in [0.1, 0.15) is 5.52 Å². The molecular weight excluding hydrogens is 336 g/mol. The molecule has 1 aromatic heterocycles. The summed E-state index contributed by atoms with van der Waals surface area (Å²) >= 11 is 0. The van der Waals surface area contributed by atoms with Gasteiger partial charge < -0.3 is 4.90 Å². The number of benzene rings is 2. The van der Waals surface area contributed by atoms with Gasteiger partial charge in [-0.05, 0) is 17.7 Å². The van der Waals surface area contributed by atoms with Crippen molar-refractivity contribution in [3.8, 4) is 0 Å². The highest BCUT2D eigenvalue weighted by Crippen LogP contribution is 2.17. The average molecular weight is 358 g/mol. The molecule has 0 aliphatic carbocycles. The number of amides is 1. The Hall–Kier alpha value is -3.05. The minimum atomic E-state index is 0.0422. The van der Waals surface area contributed by atoms with Gasteiger partial charge in [0.2, 0.25) is 0 Å². The molecule has 0 radical (unpaired) electrons. The molecule has 0 bridgehead atoms. The van der Waals surface area contributed by atoms with Crippen LogP contribution in [0.4, 0.5) is 0 Å². The van der Waals surface area contributed by atoms with E-state index < -0.39 is 0 Å². The third-order valence-corrected chi connectivity index (χ3v) is 4.86. The Morgan fingerprint density at radius 1 is 0.926 bits per heavy atom. The molecule has 0 saturated carbocycles. The Morgan fingerprint density at radius 2 is 1.70 bits per heavy atom. The summed E-state index contributed by atoms with van der Waals surface area (Å²) in [7, 11) is 0. The van der Waals surface area contributed by atoms with Crippen LogP contribution < -0.4 is 0 Å². The Kier molecular flexibility index (Phi) is 5.21. The van der Waals surface area contributed by atoms with Crippen molar-refractivity contribution >= 4 is 23.0 Å². The van der Waals surface area contributed by atoms with Crippen LogP contribution in [0.2, 0.25) is 0 Å². The van der Waals surface area contributed by atoms with Crippen molar-refractivity contribution in [3.63, 3.8) is 0 Å². The summed E-state index contributed by atoms with van der Waals surface area (Å²) in [5.41, 5.74) is 3.28. The zero-order valence-electron chi connectivity index (χ0n) is 15.2. The third-order valence-electron chi connectivity index (χ3n) is 4.86. The first-order valence-corrected chi connectivity index (χ1v) is 9.24. The molecule has 1 fully saturated rings. The maximum Gasteiger partial charge on any atom is 0.256 e. The topological polar surface area (TPSA) is 49.3 Å². The third kappa shape index (κ3) is 4.04. The molecule has 4 rings (SSSR count). The summed E-state index contributed by atoms with van der Waals surface area (Å²) in [4.78, 5) is 25.9. The maximum atomic E-state index is 12.9. The van der Waals surface area contributed by atoms with Crippen LogP contribution in [0, 0.1) is 0 Å². The minimum Gasteiger partial charge on any atom is -0.336 e. The largest absolute Gasteiger partial charge is 0.336 e. The fraction of sp³-hybridized carbons (Fsp3) is 0.227. The van der Waals surface area contributed by atoms with Crippen molar-refractivity contribution in [2.75, 3.05) is 32.7 Å². The lowest BCUT2D eigenvalue weighted by Crippen LogP contribution is -2.48. The van der Waals surface area contributed by atoms with Crippen molar-refractivity contribution in [2.24, 2.45) is 0 Å². The summed E-state index contributed by atoms with van der Waals surface area (Å²) in [5, 5.41) is 0. The molecule has 0 unspecified atom stereocenters. The van der Waals surface area contributed by atoms with E-state index in [4.69, 9.17) is 0 Å². The molecule has 2 heterocycles. The predicted molar refractivity (Wildman–Crippen MR) is 107 cm³/mol. The lowest BCUT2D eigenvalue weighted by Gasteiger charge is -2.34. The second-order valence-electron chi connectivity index (χ2n) is 6.64. The molecule has 3 aromatic rings. The highest BCUT2D eigenvalue weighted by molar-refractivity contribution is 6.04. The van der Waals surface area contributed by atoms with Crippen molar-refractivity contribution in [2.45, 2.75) is 0 Å². The lowest BCUT2D eigenvalue weighted by atomic mass is 10.1. The molecule has 136 valence electrons. The molecule has 1 aliphatic heterocycles. The number of piperazine rings is 1.